The van der Waals surface area contributed by atoms with E-state index in [1.807, 2.05) is 43.3 Å². The fourth-order valence-corrected chi connectivity index (χ4v) is 1.88. The van der Waals surface area contributed by atoms with Gasteiger partial charge in [-0.25, -0.2) is 0 Å². The Bertz CT molecular complexity index is 531. The minimum atomic E-state index is -0.0308. The van der Waals surface area contributed by atoms with Gasteiger partial charge in [-0.1, -0.05) is 29.8 Å². The van der Waals surface area contributed by atoms with Gasteiger partial charge in [-0.05, 0) is 37.3 Å². The molecule has 4 heteroatoms. The fourth-order valence-electron chi connectivity index (χ4n) is 1.69. The second kappa shape index (κ2) is 5.65. The molecule has 94 valence electrons. The van der Waals surface area contributed by atoms with Gasteiger partial charge in [-0.15, -0.1) is 0 Å². The van der Waals surface area contributed by atoms with E-state index in [0.717, 1.165) is 5.69 Å². The number of halogens is 1. The second-order valence-corrected chi connectivity index (χ2v) is 4.47. The summed E-state index contributed by atoms with van der Waals surface area (Å²) in [6, 6.07) is 14.6. The lowest BCUT2D eigenvalue weighted by Gasteiger charge is -2.19. The third kappa shape index (κ3) is 3.31. The van der Waals surface area contributed by atoms with Crippen LogP contribution in [0.25, 0.3) is 0 Å². The van der Waals surface area contributed by atoms with Gasteiger partial charge in [0, 0.05) is 10.7 Å². The van der Waals surface area contributed by atoms with Crippen LogP contribution in [0, 0.1) is 0 Å². The molecular formula is C14H15ClN2O. The first-order valence-electron chi connectivity index (χ1n) is 5.72. The molecule has 0 spiro atoms. The number of nitrogens with one attached hydrogen (secondary N) is 2. The molecule has 0 amide bonds. The van der Waals surface area contributed by atoms with Crippen molar-refractivity contribution in [2.75, 3.05) is 10.6 Å². The average molecular weight is 263 g/mol. The van der Waals surface area contributed by atoms with E-state index in [1.54, 1.807) is 12.1 Å². The number of aromatic hydroxyl groups is 1. The maximum atomic E-state index is 9.66. The summed E-state index contributed by atoms with van der Waals surface area (Å²) in [6.45, 7) is 1.97. The number of hydrogen-bond donors (Lipinski definition) is 3. The van der Waals surface area contributed by atoms with Crippen LogP contribution in [0.15, 0.2) is 48.5 Å². The molecule has 0 radical (unpaired) electrons. The van der Waals surface area contributed by atoms with E-state index >= 15 is 0 Å². The zero-order valence-electron chi connectivity index (χ0n) is 10.0. The summed E-state index contributed by atoms with van der Waals surface area (Å²) in [4.78, 5) is 0. The van der Waals surface area contributed by atoms with E-state index in [-0.39, 0.29) is 11.9 Å². The largest absolute Gasteiger partial charge is 0.506 e. The van der Waals surface area contributed by atoms with Crippen molar-refractivity contribution in [3.05, 3.63) is 53.6 Å². The van der Waals surface area contributed by atoms with Crippen molar-refractivity contribution in [2.45, 2.75) is 13.1 Å². The number of rotatable bonds is 4. The lowest BCUT2D eigenvalue weighted by Crippen LogP contribution is -2.24. The number of para-hydroxylation sites is 2. The molecule has 0 aliphatic carbocycles. The summed E-state index contributed by atoms with van der Waals surface area (Å²) in [6.07, 6.45) is -0.0308. The van der Waals surface area contributed by atoms with Crippen LogP contribution < -0.4 is 10.6 Å². The molecular weight excluding hydrogens is 248 g/mol. The Morgan fingerprint density at radius 1 is 1.06 bits per heavy atom. The Balaban J connectivity index is 2.01. The molecule has 1 atom stereocenters. The Hall–Kier alpha value is -1.87. The van der Waals surface area contributed by atoms with Gasteiger partial charge < -0.3 is 15.7 Å². The highest BCUT2D eigenvalue weighted by molar-refractivity contribution is 6.30. The van der Waals surface area contributed by atoms with Crippen molar-refractivity contribution >= 4 is 23.0 Å². The highest BCUT2D eigenvalue weighted by atomic mass is 35.5. The van der Waals surface area contributed by atoms with Crippen LogP contribution >= 0.6 is 11.6 Å². The van der Waals surface area contributed by atoms with E-state index < -0.39 is 0 Å². The molecule has 1 unspecified atom stereocenters. The summed E-state index contributed by atoms with van der Waals surface area (Å²) >= 11 is 5.91. The van der Waals surface area contributed by atoms with Crippen molar-refractivity contribution < 1.29 is 5.11 Å². The van der Waals surface area contributed by atoms with Crippen LogP contribution in [0.1, 0.15) is 6.92 Å². The molecule has 0 saturated heterocycles. The molecule has 0 heterocycles. The summed E-state index contributed by atoms with van der Waals surface area (Å²) in [5, 5.41) is 16.8. The van der Waals surface area contributed by atoms with Crippen LogP contribution in [0.3, 0.4) is 0 Å². The quantitative estimate of drug-likeness (QED) is 0.578. The predicted octanol–water partition coefficient (Wildman–Crippen LogP) is 3.92. The molecule has 0 aromatic heterocycles. The third-order valence-electron chi connectivity index (χ3n) is 2.48. The van der Waals surface area contributed by atoms with Gasteiger partial charge in [0.1, 0.15) is 5.75 Å². The zero-order valence-corrected chi connectivity index (χ0v) is 10.8. The molecule has 0 bridgehead atoms. The van der Waals surface area contributed by atoms with Crippen molar-refractivity contribution in [2.24, 2.45) is 0 Å². The first-order chi connectivity index (χ1) is 8.65. The van der Waals surface area contributed by atoms with E-state index in [4.69, 9.17) is 11.6 Å². The number of anilines is 2. The first-order valence-corrected chi connectivity index (χ1v) is 6.09. The molecule has 3 nitrogen and oxygen atoms in total. The van der Waals surface area contributed by atoms with Crippen LogP contribution in [0.4, 0.5) is 11.4 Å². The number of phenols is 1. The standard InChI is InChI=1S/C14H15ClN2O/c1-10(16-12-6-4-5-11(15)9-12)17-13-7-2-3-8-14(13)18/h2-10,16-18H,1H3. The lowest BCUT2D eigenvalue weighted by atomic mass is 10.2. The first kappa shape index (κ1) is 12.6. The molecule has 0 saturated carbocycles. The topological polar surface area (TPSA) is 44.3 Å². The maximum absolute atomic E-state index is 9.66. The van der Waals surface area contributed by atoms with Crippen molar-refractivity contribution in [1.29, 1.82) is 0 Å². The van der Waals surface area contributed by atoms with Gasteiger partial charge in [0.2, 0.25) is 0 Å². The van der Waals surface area contributed by atoms with Crippen LogP contribution in [-0.4, -0.2) is 11.3 Å². The van der Waals surface area contributed by atoms with Gasteiger partial charge in [-0.3, -0.25) is 0 Å². The minimum absolute atomic E-state index is 0.0308. The van der Waals surface area contributed by atoms with Crippen LogP contribution in [0.2, 0.25) is 5.02 Å². The SMILES string of the molecule is CC(Nc1cccc(Cl)c1)Nc1ccccc1O. The van der Waals surface area contributed by atoms with Crippen molar-refractivity contribution in [1.82, 2.24) is 0 Å². The van der Waals surface area contributed by atoms with E-state index in [2.05, 4.69) is 10.6 Å². The molecule has 0 aliphatic heterocycles. The van der Waals surface area contributed by atoms with Gasteiger partial charge in [-0.2, -0.15) is 0 Å². The molecule has 18 heavy (non-hydrogen) atoms. The van der Waals surface area contributed by atoms with Crippen molar-refractivity contribution in [3.8, 4) is 5.75 Å². The van der Waals surface area contributed by atoms with Crippen LogP contribution in [-0.2, 0) is 0 Å². The normalized spacial score (nSPS) is 11.9. The van der Waals surface area contributed by atoms with E-state index in [1.165, 1.54) is 0 Å². The Morgan fingerprint density at radius 2 is 1.83 bits per heavy atom. The summed E-state index contributed by atoms with van der Waals surface area (Å²) in [5.74, 6) is 0.234. The van der Waals surface area contributed by atoms with Crippen molar-refractivity contribution in [3.63, 3.8) is 0 Å². The molecule has 2 aromatic rings. The summed E-state index contributed by atoms with van der Waals surface area (Å²) in [5.41, 5.74) is 1.62. The minimum Gasteiger partial charge on any atom is -0.506 e. The Labute approximate surface area is 111 Å². The second-order valence-electron chi connectivity index (χ2n) is 4.04. The van der Waals surface area contributed by atoms with E-state index in [9.17, 15) is 5.11 Å². The summed E-state index contributed by atoms with van der Waals surface area (Å²) < 4.78 is 0. The predicted molar refractivity (Wildman–Crippen MR) is 76.3 cm³/mol. The monoisotopic (exact) mass is 262 g/mol. The molecule has 2 aromatic carbocycles. The number of hydrogen-bond acceptors (Lipinski definition) is 3. The molecule has 2 rings (SSSR count). The molecule has 3 N–H and O–H groups in total. The number of phenolic OH excluding ortho intramolecular Hbond substituents is 1. The highest BCUT2D eigenvalue weighted by Gasteiger charge is 2.04. The average Bonchev–Trinajstić information content (AvgIpc) is 2.32. The zero-order chi connectivity index (χ0) is 13.0. The van der Waals surface area contributed by atoms with E-state index in [0.29, 0.717) is 10.7 Å². The van der Waals surface area contributed by atoms with Gasteiger partial charge >= 0.3 is 0 Å². The molecule has 0 fully saturated rings. The lowest BCUT2D eigenvalue weighted by molar-refractivity contribution is 0.477. The Morgan fingerprint density at radius 3 is 2.56 bits per heavy atom. The van der Waals surface area contributed by atoms with Crippen LogP contribution in [0.5, 0.6) is 5.75 Å². The fraction of sp³-hybridized carbons (Fsp3) is 0.143. The molecule has 0 aliphatic rings. The Kier molecular flexibility index (Phi) is 3.95. The summed E-state index contributed by atoms with van der Waals surface area (Å²) in [7, 11) is 0. The van der Waals surface area contributed by atoms with Gasteiger partial charge in [0.25, 0.3) is 0 Å². The smallest absolute Gasteiger partial charge is 0.138 e. The van der Waals surface area contributed by atoms with Gasteiger partial charge in [0.15, 0.2) is 0 Å². The number of benzene rings is 2. The highest BCUT2D eigenvalue weighted by Crippen LogP contribution is 2.23. The third-order valence-corrected chi connectivity index (χ3v) is 2.72. The van der Waals surface area contributed by atoms with Gasteiger partial charge in [0.05, 0.1) is 11.9 Å². The maximum Gasteiger partial charge on any atom is 0.138 e.